The lowest BCUT2D eigenvalue weighted by molar-refractivity contribution is -0.135. The lowest BCUT2D eigenvalue weighted by atomic mass is 9.95. The molecule has 1 aliphatic rings. The van der Waals surface area contributed by atoms with Crippen molar-refractivity contribution in [2.75, 3.05) is 6.54 Å². The molecule has 2 N–H and O–H groups in total. The van der Waals surface area contributed by atoms with Gasteiger partial charge in [-0.15, -0.1) is 0 Å². The number of benzene rings is 1. The summed E-state index contributed by atoms with van der Waals surface area (Å²) in [4.78, 5) is 22.9. The van der Waals surface area contributed by atoms with Crippen LogP contribution in [0.3, 0.4) is 0 Å². The van der Waals surface area contributed by atoms with Gasteiger partial charge in [-0.3, -0.25) is 9.59 Å². The molecule has 3 rings (SSSR count). The predicted octanol–water partition coefficient (Wildman–Crippen LogP) is 1.87. The van der Waals surface area contributed by atoms with Gasteiger partial charge in [-0.05, 0) is 44.7 Å². The number of carbonyl (C=O) groups is 2. The molecule has 1 aromatic heterocycles. The number of carbonyl (C=O) groups excluding carboxylic acids is 1. The second-order valence-corrected chi connectivity index (χ2v) is 5.80. The van der Waals surface area contributed by atoms with Crippen LogP contribution in [0, 0.1) is 6.92 Å². The summed E-state index contributed by atoms with van der Waals surface area (Å²) >= 11 is 0. The van der Waals surface area contributed by atoms with E-state index in [1.54, 1.807) is 0 Å². The molecule has 1 aliphatic carbocycles. The van der Waals surface area contributed by atoms with E-state index in [2.05, 4.69) is 10.4 Å². The Hall–Kier alpha value is -2.63. The molecule has 0 bridgehead atoms. The van der Waals surface area contributed by atoms with E-state index in [9.17, 15) is 9.59 Å². The third kappa shape index (κ3) is 3.11. The van der Waals surface area contributed by atoms with Gasteiger partial charge in [0.05, 0.1) is 5.69 Å². The van der Waals surface area contributed by atoms with E-state index in [0.29, 0.717) is 5.69 Å². The monoisotopic (exact) mass is 313 g/mol. The number of rotatable bonds is 4. The number of carboxylic acids is 1. The van der Waals surface area contributed by atoms with Crippen LogP contribution in [0.1, 0.15) is 40.2 Å². The highest BCUT2D eigenvalue weighted by molar-refractivity contribution is 5.95. The SMILES string of the molecule is Cc1ccc(-n2nc(C(=O)NCC(=O)O)c3c2CCCC3)cc1. The summed E-state index contributed by atoms with van der Waals surface area (Å²) in [6.07, 6.45) is 3.77. The quantitative estimate of drug-likeness (QED) is 0.902. The first-order chi connectivity index (χ1) is 11.1. The normalized spacial score (nSPS) is 13.4. The molecule has 0 atom stereocenters. The molecule has 6 heteroatoms. The Morgan fingerprint density at radius 3 is 2.61 bits per heavy atom. The third-order valence-electron chi connectivity index (χ3n) is 4.07. The van der Waals surface area contributed by atoms with Crippen LogP contribution >= 0.6 is 0 Å². The zero-order chi connectivity index (χ0) is 16.4. The number of aryl methyl sites for hydroxylation is 1. The number of carboxylic acid groups (broad SMARTS) is 1. The van der Waals surface area contributed by atoms with Gasteiger partial charge in [-0.1, -0.05) is 17.7 Å². The fraction of sp³-hybridized carbons (Fsp3) is 0.353. The maximum Gasteiger partial charge on any atom is 0.322 e. The summed E-state index contributed by atoms with van der Waals surface area (Å²) in [5.74, 6) is -1.48. The fourth-order valence-electron chi connectivity index (χ4n) is 2.92. The zero-order valence-electron chi connectivity index (χ0n) is 13.0. The molecule has 120 valence electrons. The molecular formula is C17H19N3O3. The lowest BCUT2D eigenvalue weighted by Crippen LogP contribution is -2.30. The maximum atomic E-state index is 12.3. The highest BCUT2D eigenvalue weighted by atomic mass is 16.4. The van der Waals surface area contributed by atoms with Gasteiger partial charge in [-0.25, -0.2) is 4.68 Å². The number of aromatic nitrogens is 2. The van der Waals surface area contributed by atoms with Gasteiger partial charge in [0.15, 0.2) is 5.69 Å². The number of hydrogen-bond acceptors (Lipinski definition) is 3. The lowest BCUT2D eigenvalue weighted by Gasteiger charge is -2.14. The fourth-order valence-corrected chi connectivity index (χ4v) is 2.92. The third-order valence-corrected chi connectivity index (χ3v) is 4.07. The van der Waals surface area contributed by atoms with Crippen molar-refractivity contribution in [1.82, 2.24) is 15.1 Å². The highest BCUT2D eigenvalue weighted by Gasteiger charge is 2.25. The molecule has 23 heavy (non-hydrogen) atoms. The van der Waals surface area contributed by atoms with Gasteiger partial charge in [0.2, 0.25) is 0 Å². The molecule has 0 spiro atoms. The standard InChI is InChI=1S/C17H19N3O3/c1-11-6-8-12(9-7-11)20-14-5-3-2-4-13(14)16(19-20)17(23)18-10-15(21)22/h6-9H,2-5,10H2,1H3,(H,18,23)(H,21,22). The summed E-state index contributed by atoms with van der Waals surface area (Å²) < 4.78 is 1.82. The van der Waals surface area contributed by atoms with Crippen molar-refractivity contribution in [2.45, 2.75) is 32.6 Å². The van der Waals surface area contributed by atoms with Crippen LogP contribution in [-0.4, -0.2) is 33.3 Å². The Bertz CT molecular complexity index is 747. The van der Waals surface area contributed by atoms with E-state index in [0.717, 1.165) is 48.2 Å². The van der Waals surface area contributed by atoms with Crippen molar-refractivity contribution in [3.8, 4) is 5.69 Å². The second kappa shape index (κ2) is 6.24. The molecule has 0 saturated carbocycles. The average Bonchev–Trinajstić information content (AvgIpc) is 2.93. The van der Waals surface area contributed by atoms with Crippen LogP contribution in [0.15, 0.2) is 24.3 Å². The van der Waals surface area contributed by atoms with E-state index < -0.39 is 18.4 Å². The first-order valence-corrected chi connectivity index (χ1v) is 7.74. The molecule has 1 aromatic carbocycles. The van der Waals surface area contributed by atoms with Crippen LogP contribution < -0.4 is 5.32 Å². The van der Waals surface area contributed by atoms with Gasteiger partial charge in [0.25, 0.3) is 5.91 Å². The average molecular weight is 313 g/mol. The van der Waals surface area contributed by atoms with Crippen molar-refractivity contribution >= 4 is 11.9 Å². The van der Waals surface area contributed by atoms with Crippen LogP contribution in [0.25, 0.3) is 5.69 Å². The van der Waals surface area contributed by atoms with Gasteiger partial charge in [0, 0.05) is 11.3 Å². The number of fused-ring (bicyclic) bond motifs is 1. The van der Waals surface area contributed by atoms with Crippen molar-refractivity contribution in [3.05, 3.63) is 46.8 Å². The van der Waals surface area contributed by atoms with Gasteiger partial charge >= 0.3 is 5.97 Å². The number of hydrogen-bond donors (Lipinski definition) is 2. The number of aliphatic carboxylic acids is 1. The minimum atomic E-state index is -1.06. The van der Waals surface area contributed by atoms with Gasteiger partial charge < -0.3 is 10.4 Å². The van der Waals surface area contributed by atoms with E-state index >= 15 is 0 Å². The maximum absolute atomic E-state index is 12.3. The molecule has 1 heterocycles. The molecule has 0 fully saturated rings. The van der Waals surface area contributed by atoms with Gasteiger partial charge in [0.1, 0.15) is 6.54 Å². The van der Waals surface area contributed by atoms with Crippen molar-refractivity contribution < 1.29 is 14.7 Å². The summed E-state index contributed by atoms with van der Waals surface area (Å²) in [5.41, 5.74) is 4.43. The van der Waals surface area contributed by atoms with Crippen molar-refractivity contribution in [1.29, 1.82) is 0 Å². The Morgan fingerprint density at radius 2 is 1.91 bits per heavy atom. The first-order valence-electron chi connectivity index (χ1n) is 7.74. The topological polar surface area (TPSA) is 84.2 Å². The highest BCUT2D eigenvalue weighted by Crippen LogP contribution is 2.27. The molecule has 2 aromatic rings. The summed E-state index contributed by atoms with van der Waals surface area (Å²) in [6.45, 7) is 1.62. The summed E-state index contributed by atoms with van der Waals surface area (Å²) in [7, 11) is 0. The van der Waals surface area contributed by atoms with Crippen LogP contribution in [-0.2, 0) is 17.6 Å². The van der Waals surface area contributed by atoms with Gasteiger partial charge in [-0.2, -0.15) is 5.10 Å². The smallest absolute Gasteiger partial charge is 0.322 e. The van der Waals surface area contributed by atoms with Crippen LogP contribution in [0.4, 0.5) is 0 Å². The Kier molecular flexibility index (Phi) is 4.14. The number of nitrogens with zero attached hydrogens (tertiary/aromatic N) is 2. The molecule has 6 nitrogen and oxygen atoms in total. The Balaban J connectivity index is 1.99. The summed E-state index contributed by atoms with van der Waals surface area (Å²) in [5, 5.41) is 15.6. The van der Waals surface area contributed by atoms with Crippen LogP contribution in [0.2, 0.25) is 0 Å². The Morgan fingerprint density at radius 1 is 1.22 bits per heavy atom. The minimum Gasteiger partial charge on any atom is -0.480 e. The number of nitrogens with one attached hydrogen (secondary N) is 1. The molecule has 0 radical (unpaired) electrons. The van der Waals surface area contributed by atoms with E-state index in [4.69, 9.17) is 5.11 Å². The molecule has 0 aliphatic heterocycles. The molecule has 0 saturated heterocycles. The summed E-state index contributed by atoms with van der Waals surface area (Å²) in [6, 6.07) is 7.99. The largest absolute Gasteiger partial charge is 0.480 e. The minimum absolute atomic E-state index is 0.349. The second-order valence-electron chi connectivity index (χ2n) is 5.80. The molecular weight excluding hydrogens is 294 g/mol. The first kappa shape index (κ1) is 15.3. The van der Waals surface area contributed by atoms with Crippen molar-refractivity contribution in [2.24, 2.45) is 0 Å². The zero-order valence-corrected chi connectivity index (χ0v) is 13.0. The Labute approximate surface area is 134 Å². The van der Waals surface area contributed by atoms with Crippen LogP contribution in [0.5, 0.6) is 0 Å². The van der Waals surface area contributed by atoms with Crippen molar-refractivity contribution in [3.63, 3.8) is 0 Å². The van der Waals surface area contributed by atoms with E-state index in [1.165, 1.54) is 0 Å². The molecule has 1 amide bonds. The van der Waals surface area contributed by atoms with E-state index in [1.807, 2.05) is 35.9 Å². The molecule has 0 unspecified atom stereocenters. The van der Waals surface area contributed by atoms with E-state index in [-0.39, 0.29) is 0 Å². The number of amides is 1. The predicted molar refractivity (Wildman–Crippen MR) is 84.9 cm³/mol.